The fraction of sp³-hybridized carbons (Fsp3) is 0.105. The molecule has 0 saturated carbocycles. The van der Waals surface area contributed by atoms with Gasteiger partial charge in [0.05, 0.1) is 24.0 Å². The molecular formula is C19H16N4O2. The largest absolute Gasteiger partial charge is 0.361 e. The summed E-state index contributed by atoms with van der Waals surface area (Å²) in [6.07, 6.45) is 2.14. The Morgan fingerprint density at radius 1 is 1.00 bits per heavy atom. The minimum atomic E-state index is -0.232. The van der Waals surface area contributed by atoms with Crippen LogP contribution in [-0.2, 0) is 17.8 Å². The number of carbonyl (C=O) groups is 1. The number of amides is 1. The molecule has 0 fully saturated rings. The molecular weight excluding hydrogens is 316 g/mol. The van der Waals surface area contributed by atoms with Crippen LogP contribution in [0.15, 0.2) is 59.5 Å². The Balaban J connectivity index is 1.51. The zero-order chi connectivity index (χ0) is 17.2. The molecule has 1 amide bonds. The van der Waals surface area contributed by atoms with Crippen molar-refractivity contribution in [3.63, 3.8) is 0 Å². The zero-order valence-corrected chi connectivity index (χ0v) is 13.4. The van der Waals surface area contributed by atoms with Gasteiger partial charge in [-0.05, 0) is 17.7 Å². The van der Waals surface area contributed by atoms with Crippen LogP contribution in [-0.4, -0.2) is 21.1 Å². The highest BCUT2D eigenvalue weighted by Gasteiger charge is 2.10. The Bertz CT molecular complexity index is 1130. The van der Waals surface area contributed by atoms with Crippen LogP contribution in [0.4, 0.5) is 0 Å². The second-order valence-electron chi connectivity index (χ2n) is 5.86. The van der Waals surface area contributed by atoms with Crippen molar-refractivity contribution in [3.8, 4) is 0 Å². The van der Waals surface area contributed by atoms with Crippen molar-refractivity contribution < 1.29 is 4.79 Å². The molecule has 0 aliphatic heterocycles. The first-order valence-corrected chi connectivity index (χ1v) is 8.00. The van der Waals surface area contributed by atoms with Gasteiger partial charge in [0.25, 0.3) is 5.56 Å². The van der Waals surface area contributed by atoms with Gasteiger partial charge < -0.3 is 10.3 Å². The van der Waals surface area contributed by atoms with Gasteiger partial charge in [0, 0.05) is 22.5 Å². The predicted molar refractivity (Wildman–Crippen MR) is 96.2 cm³/mol. The van der Waals surface area contributed by atoms with Crippen LogP contribution < -0.4 is 10.9 Å². The molecule has 6 heteroatoms. The normalized spacial score (nSPS) is 11.0. The lowest BCUT2D eigenvalue weighted by Gasteiger charge is -2.07. The van der Waals surface area contributed by atoms with Gasteiger partial charge in [0.1, 0.15) is 0 Å². The van der Waals surface area contributed by atoms with Crippen LogP contribution in [0.2, 0.25) is 0 Å². The average molecular weight is 332 g/mol. The van der Waals surface area contributed by atoms with Crippen LogP contribution in [0.25, 0.3) is 21.7 Å². The molecule has 3 N–H and O–H groups in total. The van der Waals surface area contributed by atoms with Crippen molar-refractivity contribution in [2.45, 2.75) is 13.0 Å². The summed E-state index contributed by atoms with van der Waals surface area (Å²) in [5.41, 5.74) is 2.37. The lowest BCUT2D eigenvalue weighted by Crippen LogP contribution is -2.26. The molecule has 6 nitrogen and oxygen atoms in total. The highest BCUT2D eigenvalue weighted by molar-refractivity contribution is 5.89. The summed E-state index contributed by atoms with van der Waals surface area (Å²) in [7, 11) is 0. The van der Waals surface area contributed by atoms with Crippen molar-refractivity contribution in [1.82, 2.24) is 20.5 Å². The first kappa shape index (κ1) is 15.1. The summed E-state index contributed by atoms with van der Waals surface area (Å²) in [5.74, 6) is -0.0955. The molecule has 0 atom stereocenters. The van der Waals surface area contributed by atoms with Crippen molar-refractivity contribution in [2.75, 3.05) is 0 Å². The lowest BCUT2D eigenvalue weighted by molar-refractivity contribution is -0.120. The molecule has 0 saturated heterocycles. The van der Waals surface area contributed by atoms with Gasteiger partial charge in [-0.3, -0.25) is 9.59 Å². The maximum absolute atomic E-state index is 12.3. The molecule has 2 aromatic carbocycles. The van der Waals surface area contributed by atoms with E-state index in [1.165, 1.54) is 0 Å². The van der Waals surface area contributed by atoms with Crippen molar-refractivity contribution in [2.24, 2.45) is 0 Å². The monoisotopic (exact) mass is 332 g/mol. The number of H-pyrrole nitrogens is 2. The number of carbonyl (C=O) groups excluding carboxylic acids is 1. The fourth-order valence-corrected chi connectivity index (χ4v) is 3.00. The summed E-state index contributed by atoms with van der Waals surface area (Å²) < 4.78 is 0. The number of para-hydroxylation sites is 1. The first-order valence-electron chi connectivity index (χ1n) is 8.00. The molecule has 2 heterocycles. The molecule has 0 spiro atoms. The van der Waals surface area contributed by atoms with E-state index in [1.807, 2.05) is 42.6 Å². The van der Waals surface area contributed by atoms with E-state index in [9.17, 15) is 9.59 Å². The van der Waals surface area contributed by atoms with Gasteiger partial charge in [-0.2, -0.15) is 5.10 Å². The molecule has 0 aliphatic rings. The van der Waals surface area contributed by atoms with Crippen molar-refractivity contribution in [3.05, 3.63) is 76.3 Å². The number of benzene rings is 2. The third-order valence-electron chi connectivity index (χ3n) is 4.25. The Hall–Kier alpha value is -3.41. The summed E-state index contributed by atoms with van der Waals surface area (Å²) in [4.78, 5) is 27.3. The van der Waals surface area contributed by atoms with Gasteiger partial charge in [-0.25, -0.2) is 5.10 Å². The highest BCUT2D eigenvalue weighted by Crippen LogP contribution is 2.18. The standard InChI is InChI=1S/C19H16N4O2/c24-18(9-12-10-20-16-8-4-3-5-13(12)16)21-11-17-14-6-1-2-7-15(14)19(25)23-22-17/h1-8,10,20H,9,11H2,(H,21,24)(H,23,25). The Morgan fingerprint density at radius 3 is 2.56 bits per heavy atom. The van der Waals surface area contributed by atoms with Crippen molar-refractivity contribution in [1.29, 1.82) is 0 Å². The Kier molecular flexibility index (Phi) is 3.78. The second kappa shape index (κ2) is 6.24. The van der Waals surface area contributed by atoms with Crippen LogP contribution in [0.5, 0.6) is 0 Å². The molecule has 2 aromatic heterocycles. The van der Waals surface area contributed by atoms with E-state index >= 15 is 0 Å². The third-order valence-corrected chi connectivity index (χ3v) is 4.25. The third kappa shape index (κ3) is 2.89. The van der Waals surface area contributed by atoms with Gasteiger partial charge in [-0.15, -0.1) is 0 Å². The fourth-order valence-electron chi connectivity index (χ4n) is 3.00. The van der Waals surface area contributed by atoms with E-state index in [0.717, 1.165) is 21.9 Å². The van der Waals surface area contributed by atoms with E-state index in [2.05, 4.69) is 20.5 Å². The molecule has 0 radical (unpaired) electrons. The number of aromatic nitrogens is 3. The number of hydrogen-bond donors (Lipinski definition) is 3. The van der Waals surface area contributed by atoms with Crippen LogP contribution in [0.3, 0.4) is 0 Å². The van der Waals surface area contributed by atoms with E-state index in [-0.39, 0.29) is 24.4 Å². The van der Waals surface area contributed by atoms with E-state index in [1.54, 1.807) is 12.1 Å². The zero-order valence-electron chi connectivity index (χ0n) is 13.4. The number of aromatic amines is 2. The lowest BCUT2D eigenvalue weighted by atomic mass is 10.1. The van der Waals surface area contributed by atoms with Crippen LogP contribution >= 0.6 is 0 Å². The molecule has 124 valence electrons. The van der Waals surface area contributed by atoms with Gasteiger partial charge in [-0.1, -0.05) is 36.4 Å². The molecule has 0 bridgehead atoms. The minimum absolute atomic E-state index is 0.0955. The number of fused-ring (bicyclic) bond motifs is 2. The number of nitrogens with one attached hydrogen (secondary N) is 3. The summed E-state index contributed by atoms with van der Waals surface area (Å²) in [6, 6.07) is 15.1. The highest BCUT2D eigenvalue weighted by atomic mass is 16.1. The molecule has 0 unspecified atom stereocenters. The quantitative estimate of drug-likeness (QED) is 0.535. The summed E-state index contributed by atoms with van der Waals surface area (Å²) in [6.45, 7) is 0.262. The maximum Gasteiger partial charge on any atom is 0.272 e. The van der Waals surface area contributed by atoms with Crippen LogP contribution in [0.1, 0.15) is 11.3 Å². The predicted octanol–water partition coefficient (Wildman–Crippen LogP) is 2.26. The van der Waals surface area contributed by atoms with E-state index in [4.69, 9.17) is 0 Å². The SMILES string of the molecule is O=C(Cc1c[nH]c2ccccc12)NCc1n[nH]c(=O)c2ccccc12. The topological polar surface area (TPSA) is 90.6 Å². The number of hydrogen-bond acceptors (Lipinski definition) is 3. The minimum Gasteiger partial charge on any atom is -0.361 e. The molecule has 0 aliphatic carbocycles. The average Bonchev–Trinajstić information content (AvgIpc) is 3.04. The first-order chi connectivity index (χ1) is 12.2. The van der Waals surface area contributed by atoms with Gasteiger partial charge >= 0.3 is 0 Å². The van der Waals surface area contributed by atoms with E-state index in [0.29, 0.717) is 11.1 Å². The number of rotatable bonds is 4. The summed E-state index contributed by atoms with van der Waals surface area (Å²) >= 11 is 0. The maximum atomic E-state index is 12.3. The Labute approximate surface area is 142 Å². The molecule has 4 aromatic rings. The second-order valence-corrected chi connectivity index (χ2v) is 5.86. The van der Waals surface area contributed by atoms with Crippen molar-refractivity contribution >= 4 is 27.6 Å². The molecule has 4 rings (SSSR count). The summed E-state index contributed by atoms with van der Waals surface area (Å²) in [5, 5.41) is 11.8. The van der Waals surface area contributed by atoms with Gasteiger partial charge in [0.15, 0.2) is 0 Å². The Morgan fingerprint density at radius 2 is 1.72 bits per heavy atom. The van der Waals surface area contributed by atoms with E-state index < -0.39 is 0 Å². The molecule has 25 heavy (non-hydrogen) atoms. The van der Waals surface area contributed by atoms with Gasteiger partial charge in [0.2, 0.25) is 5.91 Å². The number of nitrogens with zero attached hydrogens (tertiary/aromatic N) is 1. The van der Waals surface area contributed by atoms with Crippen LogP contribution in [0, 0.1) is 0 Å². The smallest absolute Gasteiger partial charge is 0.272 e.